The van der Waals surface area contributed by atoms with E-state index in [1.807, 2.05) is 6.07 Å². The molecule has 0 aromatic heterocycles. The van der Waals surface area contributed by atoms with Gasteiger partial charge < -0.3 is 15.8 Å². The Bertz CT molecular complexity index is 479. The molecule has 0 aliphatic carbocycles. The second kappa shape index (κ2) is 9.04. The Morgan fingerprint density at radius 2 is 2.29 bits per heavy atom. The van der Waals surface area contributed by atoms with Crippen LogP contribution < -0.4 is 11.1 Å². The highest BCUT2D eigenvalue weighted by Crippen LogP contribution is 2.22. The summed E-state index contributed by atoms with van der Waals surface area (Å²) >= 11 is 0. The van der Waals surface area contributed by atoms with E-state index in [-0.39, 0.29) is 18.3 Å². The molecule has 0 bridgehead atoms. The third-order valence-electron chi connectivity index (χ3n) is 2.94. The van der Waals surface area contributed by atoms with Gasteiger partial charge in [-0.2, -0.15) is 0 Å². The minimum absolute atomic E-state index is 0.0204. The van der Waals surface area contributed by atoms with Crippen LogP contribution in [0.25, 0.3) is 0 Å². The summed E-state index contributed by atoms with van der Waals surface area (Å²) in [5.41, 5.74) is 5.93. The van der Waals surface area contributed by atoms with E-state index >= 15 is 0 Å². The van der Waals surface area contributed by atoms with Crippen LogP contribution in [0.4, 0.5) is 5.69 Å². The van der Waals surface area contributed by atoms with E-state index in [0.717, 1.165) is 18.4 Å². The van der Waals surface area contributed by atoms with Crippen LogP contribution in [0.3, 0.4) is 0 Å². The van der Waals surface area contributed by atoms with Crippen molar-refractivity contribution < 1.29 is 14.5 Å². The number of nitrogens with two attached hydrogens (primary N) is 1. The zero-order chi connectivity index (χ0) is 15.7. The molecule has 0 spiro atoms. The van der Waals surface area contributed by atoms with Crippen molar-refractivity contribution in [1.82, 2.24) is 5.32 Å². The zero-order valence-corrected chi connectivity index (χ0v) is 12.1. The Morgan fingerprint density at radius 1 is 1.52 bits per heavy atom. The number of hydrogen-bond acceptors (Lipinski definition) is 5. The number of primary amides is 1. The van der Waals surface area contributed by atoms with Crippen molar-refractivity contribution in [1.29, 1.82) is 0 Å². The number of benzene rings is 1. The molecule has 0 radical (unpaired) electrons. The number of ether oxygens (including phenoxy) is 1. The number of hydrogen-bond donors (Lipinski definition) is 2. The van der Waals surface area contributed by atoms with Crippen LogP contribution >= 0.6 is 0 Å². The molecule has 0 fully saturated rings. The van der Waals surface area contributed by atoms with Gasteiger partial charge in [0.05, 0.1) is 11.5 Å². The Hall–Kier alpha value is -1.99. The van der Waals surface area contributed by atoms with Gasteiger partial charge in [-0.1, -0.05) is 25.5 Å². The van der Waals surface area contributed by atoms with E-state index in [4.69, 9.17) is 10.5 Å². The second-order valence-electron chi connectivity index (χ2n) is 4.67. The number of carbonyl (C=O) groups is 1. The first-order chi connectivity index (χ1) is 10.0. The standard InChI is InChI=1S/C14H21N3O4/c1-2-4-13(16-7-8-21-10-14(15)18)11-5-3-6-12(9-11)17(19)20/h3,5-6,9,13,16H,2,4,7-8,10H2,1H3,(H2,15,18). The zero-order valence-electron chi connectivity index (χ0n) is 12.1. The predicted molar refractivity (Wildman–Crippen MR) is 78.8 cm³/mol. The lowest BCUT2D eigenvalue weighted by atomic mass is 10.0. The fourth-order valence-corrected chi connectivity index (χ4v) is 2.01. The summed E-state index contributed by atoms with van der Waals surface area (Å²) in [7, 11) is 0. The van der Waals surface area contributed by atoms with E-state index in [1.54, 1.807) is 12.1 Å². The summed E-state index contributed by atoms with van der Waals surface area (Å²) in [6.45, 7) is 2.85. The molecule has 1 aromatic carbocycles. The summed E-state index contributed by atoms with van der Waals surface area (Å²) in [4.78, 5) is 21.0. The van der Waals surface area contributed by atoms with Crippen molar-refractivity contribution in [3.63, 3.8) is 0 Å². The first kappa shape index (κ1) is 17.1. The lowest BCUT2D eigenvalue weighted by Gasteiger charge is -2.18. The molecule has 0 aliphatic rings. The molecule has 1 rings (SSSR count). The van der Waals surface area contributed by atoms with Crippen LogP contribution in [0.2, 0.25) is 0 Å². The van der Waals surface area contributed by atoms with Crippen molar-refractivity contribution in [2.75, 3.05) is 19.8 Å². The van der Waals surface area contributed by atoms with Crippen molar-refractivity contribution in [2.45, 2.75) is 25.8 Å². The Labute approximate surface area is 123 Å². The van der Waals surface area contributed by atoms with Gasteiger partial charge in [-0.25, -0.2) is 0 Å². The molecule has 7 nitrogen and oxygen atoms in total. The van der Waals surface area contributed by atoms with Gasteiger partial charge in [-0.05, 0) is 12.0 Å². The van der Waals surface area contributed by atoms with Gasteiger partial charge in [0.25, 0.3) is 5.69 Å². The predicted octanol–water partition coefficient (Wildman–Crippen LogP) is 1.53. The van der Waals surface area contributed by atoms with Gasteiger partial charge in [0.1, 0.15) is 6.61 Å². The molecule has 116 valence electrons. The summed E-state index contributed by atoms with van der Waals surface area (Å²) in [5, 5.41) is 14.1. The van der Waals surface area contributed by atoms with Crippen molar-refractivity contribution >= 4 is 11.6 Å². The fraction of sp³-hybridized carbons (Fsp3) is 0.500. The Balaban J connectivity index is 2.58. The van der Waals surface area contributed by atoms with Gasteiger partial charge in [0.15, 0.2) is 0 Å². The number of nitrogens with zero attached hydrogens (tertiary/aromatic N) is 1. The van der Waals surface area contributed by atoms with E-state index in [1.165, 1.54) is 6.07 Å². The maximum absolute atomic E-state index is 10.8. The van der Waals surface area contributed by atoms with Crippen LogP contribution in [0.1, 0.15) is 31.4 Å². The average Bonchev–Trinajstić information content (AvgIpc) is 2.45. The lowest BCUT2D eigenvalue weighted by molar-refractivity contribution is -0.384. The van der Waals surface area contributed by atoms with Gasteiger partial charge >= 0.3 is 0 Å². The first-order valence-corrected chi connectivity index (χ1v) is 6.88. The Morgan fingerprint density at radius 3 is 2.90 bits per heavy atom. The number of rotatable bonds is 10. The third kappa shape index (κ3) is 6.33. The monoisotopic (exact) mass is 295 g/mol. The Kier molecular flexibility index (Phi) is 7.34. The summed E-state index contributed by atoms with van der Waals surface area (Å²) in [6, 6.07) is 6.62. The molecule has 0 saturated heterocycles. The first-order valence-electron chi connectivity index (χ1n) is 6.88. The van der Waals surface area contributed by atoms with E-state index < -0.39 is 10.8 Å². The number of nitro groups is 1. The molecule has 3 N–H and O–H groups in total. The van der Waals surface area contributed by atoms with Gasteiger partial charge in [-0.15, -0.1) is 0 Å². The van der Waals surface area contributed by atoms with Crippen molar-refractivity contribution in [3.8, 4) is 0 Å². The van der Waals surface area contributed by atoms with Crippen LogP contribution in [0.5, 0.6) is 0 Å². The van der Waals surface area contributed by atoms with Crippen LogP contribution in [0.15, 0.2) is 24.3 Å². The normalized spacial score (nSPS) is 12.0. The largest absolute Gasteiger partial charge is 0.370 e. The lowest BCUT2D eigenvalue weighted by Crippen LogP contribution is -2.27. The topological polar surface area (TPSA) is 107 Å². The van der Waals surface area contributed by atoms with E-state index in [2.05, 4.69) is 12.2 Å². The number of carbonyl (C=O) groups excluding carboxylic acids is 1. The van der Waals surface area contributed by atoms with Crippen LogP contribution in [-0.4, -0.2) is 30.6 Å². The maximum atomic E-state index is 10.8. The highest BCUT2D eigenvalue weighted by Gasteiger charge is 2.13. The molecule has 0 heterocycles. The molecule has 1 aromatic rings. The number of amides is 1. The molecule has 1 unspecified atom stereocenters. The van der Waals surface area contributed by atoms with Crippen LogP contribution in [-0.2, 0) is 9.53 Å². The minimum atomic E-state index is -0.501. The summed E-state index contributed by atoms with van der Waals surface area (Å²) in [5.74, 6) is -0.501. The smallest absolute Gasteiger partial charge is 0.269 e. The molecular formula is C14H21N3O4. The number of non-ortho nitro benzene ring substituents is 1. The molecule has 0 saturated carbocycles. The minimum Gasteiger partial charge on any atom is -0.370 e. The number of nitrogens with one attached hydrogen (secondary N) is 1. The molecule has 7 heteroatoms. The van der Waals surface area contributed by atoms with Crippen LogP contribution in [0, 0.1) is 10.1 Å². The highest BCUT2D eigenvalue weighted by atomic mass is 16.6. The molecule has 1 atom stereocenters. The van der Waals surface area contributed by atoms with Gasteiger partial charge in [0.2, 0.25) is 5.91 Å². The van der Waals surface area contributed by atoms with E-state index in [9.17, 15) is 14.9 Å². The maximum Gasteiger partial charge on any atom is 0.269 e. The molecular weight excluding hydrogens is 274 g/mol. The molecule has 1 amide bonds. The third-order valence-corrected chi connectivity index (χ3v) is 2.94. The average molecular weight is 295 g/mol. The summed E-state index contributed by atoms with van der Waals surface area (Å²) < 4.78 is 5.08. The van der Waals surface area contributed by atoms with Crippen molar-refractivity contribution in [3.05, 3.63) is 39.9 Å². The SMILES string of the molecule is CCCC(NCCOCC(N)=O)c1cccc([N+](=O)[O-])c1. The van der Waals surface area contributed by atoms with Gasteiger partial charge in [-0.3, -0.25) is 14.9 Å². The summed E-state index contributed by atoms with van der Waals surface area (Å²) in [6.07, 6.45) is 1.81. The highest BCUT2D eigenvalue weighted by molar-refractivity contribution is 5.74. The van der Waals surface area contributed by atoms with E-state index in [0.29, 0.717) is 13.2 Å². The fourth-order valence-electron chi connectivity index (χ4n) is 2.01. The molecule has 0 aliphatic heterocycles. The van der Waals surface area contributed by atoms with Gasteiger partial charge in [0, 0.05) is 24.7 Å². The quantitative estimate of drug-likeness (QED) is 0.386. The molecule has 21 heavy (non-hydrogen) atoms. The second-order valence-corrected chi connectivity index (χ2v) is 4.67. The van der Waals surface area contributed by atoms with Crippen molar-refractivity contribution in [2.24, 2.45) is 5.73 Å². The number of nitro benzene ring substituents is 1.